The lowest BCUT2D eigenvalue weighted by atomic mass is 9.99. The van der Waals surface area contributed by atoms with Gasteiger partial charge in [0.2, 0.25) is 0 Å². The van der Waals surface area contributed by atoms with Crippen LogP contribution in [0.1, 0.15) is 43.1 Å². The lowest BCUT2D eigenvalue weighted by molar-refractivity contribution is -0.0681. The number of ether oxygens (including phenoxy) is 1. The number of hydrogen-bond acceptors (Lipinski definition) is 3. The Morgan fingerprint density at radius 3 is 2.80 bits per heavy atom. The number of aliphatic hydroxyl groups is 1. The molecule has 0 radical (unpaired) electrons. The average molecular weight is 277 g/mol. The normalized spacial score (nSPS) is 25.6. The van der Waals surface area contributed by atoms with Gasteiger partial charge >= 0.3 is 0 Å². The van der Waals surface area contributed by atoms with Crippen LogP contribution in [0.15, 0.2) is 18.2 Å². The summed E-state index contributed by atoms with van der Waals surface area (Å²) >= 11 is 0. The van der Waals surface area contributed by atoms with Crippen molar-refractivity contribution < 1.29 is 9.84 Å². The van der Waals surface area contributed by atoms with Gasteiger partial charge in [0.25, 0.3) is 0 Å². The number of hydrogen-bond donors (Lipinski definition) is 1. The van der Waals surface area contributed by atoms with Crippen molar-refractivity contribution in [3.63, 3.8) is 0 Å². The molecule has 112 valence electrons. The van der Waals surface area contributed by atoms with E-state index >= 15 is 0 Å². The van der Waals surface area contributed by atoms with Crippen molar-refractivity contribution in [3.05, 3.63) is 34.9 Å². The predicted molar refractivity (Wildman–Crippen MR) is 81.9 cm³/mol. The summed E-state index contributed by atoms with van der Waals surface area (Å²) in [5, 5.41) is 10.6. The standard InChI is InChI=1S/C17H27NO2/c1-5-15-11-20-14(4)9-18(15)10-17(19)16-7-6-12(2)8-13(16)3/h6-8,14-15,17,19H,5,9-11H2,1-4H3. The average Bonchev–Trinajstić information content (AvgIpc) is 2.38. The minimum absolute atomic E-state index is 0.254. The van der Waals surface area contributed by atoms with E-state index in [9.17, 15) is 5.11 Å². The summed E-state index contributed by atoms with van der Waals surface area (Å²) in [4.78, 5) is 2.37. The minimum Gasteiger partial charge on any atom is -0.387 e. The van der Waals surface area contributed by atoms with Crippen molar-refractivity contribution in [1.29, 1.82) is 0 Å². The quantitative estimate of drug-likeness (QED) is 0.918. The fraction of sp³-hybridized carbons (Fsp3) is 0.647. The van der Waals surface area contributed by atoms with Crippen molar-refractivity contribution in [2.75, 3.05) is 19.7 Å². The van der Waals surface area contributed by atoms with Crippen LogP contribution in [0.5, 0.6) is 0 Å². The highest BCUT2D eigenvalue weighted by Crippen LogP contribution is 2.23. The molecule has 3 unspecified atom stereocenters. The third kappa shape index (κ3) is 3.60. The van der Waals surface area contributed by atoms with Crippen LogP contribution in [0.4, 0.5) is 0 Å². The molecule has 3 atom stereocenters. The summed E-state index contributed by atoms with van der Waals surface area (Å²) < 4.78 is 5.71. The van der Waals surface area contributed by atoms with Gasteiger partial charge in [-0.05, 0) is 38.3 Å². The molecule has 1 N–H and O–H groups in total. The van der Waals surface area contributed by atoms with Gasteiger partial charge in [-0.1, -0.05) is 30.7 Å². The van der Waals surface area contributed by atoms with Gasteiger partial charge in [0, 0.05) is 19.1 Å². The Balaban J connectivity index is 2.07. The molecule has 0 aromatic heterocycles. The zero-order valence-corrected chi connectivity index (χ0v) is 13.1. The van der Waals surface area contributed by atoms with E-state index in [0.717, 1.165) is 25.1 Å². The summed E-state index contributed by atoms with van der Waals surface area (Å²) in [6, 6.07) is 6.69. The van der Waals surface area contributed by atoms with E-state index in [4.69, 9.17) is 4.74 Å². The van der Waals surface area contributed by atoms with Crippen molar-refractivity contribution in [2.45, 2.75) is 52.4 Å². The number of aliphatic hydroxyl groups excluding tert-OH is 1. The summed E-state index contributed by atoms with van der Waals surface area (Å²) in [6.45, 7) is 10.8. The van der Waals surface area contributed by atoms with Crippen LogP contribution < -0.4 is 0 Å². The first kappa shape index (κ1) is 15.5. The summed E-state index contributed by atoms with van der Waals surface area (Å²) in [7, 11) is 0. The lowest BCUT2D eigenvalue weighted by Crippen LogP contribution is -2.49. The fourth-order valence-corrected chi connectivity index (χ4v) is 3.03. The molecular weight excluding hydrogens is 250 g/mol. The van der Waals surface area contributed by atoms with E-state index in [1.54, 1.807) is 0 Å². The summed E-state index contributed by atoms with van der Waals surface area (Å²) in [6.07, 6.45) is 0.894. The van der Waals surface area contributed by atoms with Crippen molar-refractivity contribution in [2.24, 2.45) is 0 Å². The first-order chi connectivity index (χ1) is 9.51. The molecule has 1 aliphatic rings. The second-order valence-corrected chi connectivity index (χ2v) is 6.04. The van der Waals surface area contributed by atoms with Gasteiger partial charge in [0.05, 0.1) is 18.8 Å². The Morgan fingerprint density at radius 2 is 2.15 bits per heavy atom. The topological polar surface area (TPSA) is 32.7 Å². The Morgan fingerprint density at radius 1 is 1.40 bits per heavy atom. The molecule has 0 amide bonds. The molecule has 1 heterocycles. The van der Waals surface area contributed by atoms with Crippen LogP contribution in [-0.2, 0) is 4.74 Å². The van der Waals surface area contributed by atoms with Gasteiger partial charge in [0.1, 0.15) is 0 Å². The maximum atomic E-state index is 10.6. The fourth-order valence-electron chi connectivity index (χ4n) is 3.03. The summed E-state index contributed by atoms with van der Waals surface area (Å²) in [5.41, 5.74) is 3.46. The molecule has 1 aromatic rings. The summed E-state index contributed by atoms with van der Waals surface area (Å²) in [5.74, 6) is 0. The molecule has 0 aliphatic carbocycles. The number of benzene rings is 1. The Kier molecular flexibility index (Phi) is 5.19. The van der Waals surface area contributed by atoms with E-state index in [1.165, 1.54) is 11.1 Å². The van der Waals surface area contributed by atoms with E-state index in [1.807, 2.05) is 0 Å². The molecule has 0 spiro atoms. The maximum absolute atomic E-state index is 10.6. The molecule has 0 saturated carbocycles. The second-order valence-electron chi connectivity index (χ2n) is 6.04. The molecule has 20 heavy (non-hydrogen) atoms. The number of morpholine rings is 1. The van der Waals surface area contributed by atoms with Crippen molar-refractivity contribution in [1.82, 2.24) is 4.90 Å². The third-order valence-electron chi connectivity index (χ3n) is 4.24. The van der Waals surface area contributed by atoms with Crippen LogP contribution >= 0.6 is 0 Å². The van der Waals surface area contributed by atoms with Crippen LogP contribution in [0.3, 0.4) is 0 Å². The minimum atomic E-state index is -0.421. The van der Waals surface area contributed by atoms with Crippen molar-refractivity contribution in [3.8, 4) is 0 Å². The molecule has 1 aliphatic heterocycles. The molecule has 0 bridgehead atoms. The SMILES string of the molecule is CCC1COC(C)CN1CC(O)c1ccc(C)cc1C. The molecule has 2 rings (SSSR count). The first-order valence-electron chi connectivity index (χ1n) is 7.62. The van der Waals surface area contributed by atoms with Crippen molar-refractivity contribution >= 4 is 0 Å². The van der Waals surface area contributed by atoms with Gasteiger partial charge < -0.3 is 9.84 Å². The zero-order chi connectivity index (χ0) is 14.7. The smallest absolute Gasteiger partial charge is 0.0919 e. The third-order valence-corrected chi connectivity index (χ3v) is 4.24. The molecule has 3 nitrogen and oxygen atoms in total. The van der Waals surface area contributed by atoms with E-state index in [0.29, 0.717) is 12.6 Å². The van der Waals surface area contributed by atoms with E-state index in [-0.39, 0.29) is 6.10 Å². The molecule has 1 aromatic carbocycles. The molecule has 1 saturated heterocycles. The predicted octanol–water partition coefficient (Wildman–Crippen LogP) is 2.84. The number of nitrogens with zero attached hydrogens (tertiary/aromatic N) is 1. The Labute approximate surface area is 122 Å². The number of rotatable bonds is 4. The monoisotopic (exact) mass is 277 g/mol. The molecule has 3 heteroatoms. The first-order valence-corrected chi connectivity index (χ1v) is 7.62. The van der Waals surface area contributed by atoms with Crippen LogP contribution in [-0.4, -0.2) is 41.8 Å². The second kappa shape index (κ2) is 6.70. The number of β-amino-alcohol motifs (C(OH)–C–C–N with tert-alkyl or cyclic N) is 1. The van der Waals surface area contributed by atoms with Crippen LogP contribution in [0.2, 0.25) is 0 Å². The van der Waals surface area contributed by atoms with Gasteiger partial charge in [-0.15, -0.1) is 0 Å². The van der Waals surface area contributed by atoms with Gasteiger partial charge in [-0.25, -0.2) is 0 Å². The van der Waals surface area contributed by atoms with Gasteiger partial charge in [0.15, 0.2) is 0 Å². The van der Waals surface area contributed by atoms with Gasteiger partial charge in [-0.3, -0.25) is 4.90 Å². The van der Waals surface area contributed by atoms with E-state index in [2.05, 4.69) is 50.8 Å². The highest BCUT2D eigenvalue weighted by atomic mass is 16.5. The number of aryl methyl sites for hydroxylation is 2. The molecule has 1 fully saturated rings. The maximum Gasteiger partial charge on any atom is 0.0919 e. The van der Waals surface area contributed by atoms with Crippen LogP contribution in [0.25, 0.3) is 0 Å². The Bertz CT molecular complexity index is 447. The largest absolute Gasteiger partial charge is 0.387 e. The lowest BCUT2D eigenvalue weighted by Gasteiger charge is -2.39. The van der Waals surface area contributed by atoms with E-state index < -0.39 is 6.10 Å². The Hall–Kier alpha value is -0.900. The highest BCUT2D eigenvalue weighted by molar-refractivity contribution is 5.32. The zero-order valence-electron chi connectivity index (χ0n) is 13.1. The molecular formula is C17H27NO2. The van der Waals surface area contributed by atoms with Crippen LogP contribution in [0, 0.1) is 13.8 Å². The highest BCUT2D eigenvalue weighted by Gasteiger charge is 2.27. The van der Waals surface area contributed by atoms with Gasteiger partial charge in [-0.2, -0.15) is 0 Å².